The van der Waals surface area contributed by atoms with Crippen molar-refractivity contribution in [2.75, 3.05) is 0 Å². The van der Waals surface area contributed by atoms with Crippen LogP contribution in [-0.4, -0.2) is 3.21 Å². The van der Waals surface area contributed by atoms with E-state index in [0.717, 1.165) is 0 Å². The zero-order valence-corrected chi connectivity index (χ0v) is 32.5. The molecule has 0 bridgehead atoms. The van der Waals surface area contributed by atoms with Crippen molar-refractivity contribution in [3.63, 3.8) is 0 Å². The molecule has 1 saturated carbocycles. The Bertz CT molecular complexity index is 1580. The van der Waals surface area contributed by atoms with Crippen LogP contribution in [0.5, 0.6) is 0 Å². The van der Waals surface area contributed by atoms with Crippen molar-refractivity contribution in [2.24, 2.45) is 11.3 Å². The molecule has 7 rings (SSSR count). The average Bonchev–Trinajstić information content (AvgIpc) is 3.61. The molecule has 44 heavy (non-hydrogen) atoms. The zero-order chi connectivity index (χ0) is 30.6. The van der Waals surface area contributed by atoms with E-state index in [1.54, 1.807) is 27.4 Å². The quantitative estimate of drug-likeness (QED) is 0.262. The molecule has 0 radical (unpaired) electrons. The molecular formula is C41H50Cl2Zr-2. The molecule has 0 N–H and O–H groups in total. The van der Waals surface area contributed by atoms with Gasteiger partial charge in [0.25, 0.3) is 0 Å². The maximum absolute atomic E-state index is 3.26. The third kappa shape index (κ3) is 7.59. The summed E-state index contributed by atoms with van der Waals surface area (Å²) in [6, 6.07) is 12.1. The first-order valence-electron chi connectivity index (χ1n) is 16.1. The third-order valence-corrected chi connectivity index (χ3v) is 10.9. The molecule has 3 aromatic carbocycles. The predicted molar refractivity (Wildman–Crippen MR) is 183 cm³/mol. The molecule has 234 valence electrons. The number of hydrogen-bond acceptors (Lipinski definition) is 0. The summed E-state index contributed by atoms with van der Waals surface area (Å²) in [6.45, 7) is 22.6. The molecule has 0 aliphatic heterocycles. The standard InChI is InChI=1S/C25H25.C10H15.C6H10.2ClH.Zr/c1-14-12-24(3,4)22-8-16-7-17-9-23-19(15(2)13-25(23,5)6)11-21(17)20(16)10-18(14)22;1-8-5-6-9(7-8)10(2,3)4;1-2-4-6-5-3-1;;;/h7-13H,1-6H3;6-8H,1-4H3;1-5H2;2*1H;/q2*-1;;;;+2/p-2. The van der Waals surface area contributed by atoms with E-state index in [9.17, 15) is 0 Å². The van der Waals surface area contributed by atoms with Crippen LogP contribution in [0.25, 0.3) is 32.7 Å². The van der Waals surface area contributed by atoms with Gasteiger partial charge in [-0.3, -0.25) is 6.08 Å². The second-order valence-electron chi connectivity index (χ2n) is 15.3. The fraction of sp³-hybridized carbons (Fsp3) is 0.463. The van der Waals surface area contributed by atoms with E-state index < -0.39 is 0 Å². The minimum absolute atomic E-state index is 0. The molecule has 3 aromatic rings. The average molecular weight is 705 g/mol. The Kier molecular flexibility index (Phi) is 11.6. The van der Waals surface area contributed by atoms with Gasteiger partial charge in [0.05, 0.1) is 0 Å². The molecule has 4 aliphatic carbocycles. The van der Waals surface area contributed by atoms with Crippen molar-refractivity contribution in [2.45, 2.75) is 112 Å². The molecule has 0 heterocycles. The Labute approximate surface area is 295 Å². The molecule has 1 atom stereocenters. The van der Waals surface area contributed by atoms with Gasteiger partial charge in [-0.05, 0) is 36.1 Å². The van der Waals surface area contributed by atoms with Crippen LogP contribution >= 0.6 is 0 Å². The van der Waals surface area contributed by atoms with Crippen molar-refractivity contribution < 1.29 is 49.0 Å². The Morgan fingerprint density at radius 1 is 0.773 bits per heavy atom. The van der Waals surface area contributed by atoms with Crippen LogP contribution in [0.2, 0.25) is 0 Å². The van der Waals surface area contributed by atoms with Crippen molar-refractivity contribution >= 4 is 35.9 Å². The molecule has 4 aliphatic rings. The molecule has 0 saturated heterocycles. The predicted octanol–water partition coefficient (Wildman–Crippen LogP) is 5.75. The van der Waals surface area contributed by atoms with Gasteiger partial charge >= 0.3 is 59.5 Å². The van der Waals surface area contributed by atoms with Crippen molar-refractivity contribution in [3.05, 3.63) is 88.5 Å². The van der Waals surface area contributed by atoms with Gasteiger partial charge in [-0.2, -0.15) is 11.6 Å². The van der Waals surface area contributed by atoms with Crippen LogP contribution in [0.4, 0.5) is 0 Å². The normalized spacial score (nSPS) is 20.7. The minimum atomic E-state index is 0. The topological polar surface area (TPSA) is 0 Å². The van der Waals surface area contributed by atoms with Gasteiger partial charge in [0.2, 0.25) is 0 Å². The van der Waals surface area contributed by atoms with Crippen LogP contribution in [0.15, 0.2) is 60.2 Å². The van der Waals surface area contributed by atoms with E-state index in [1.807, 2.05) is 0 Å². The number of halogens is 2. The number of hydrogen-bond donors (Lipinski definition) is 0. The first-order chi connectivity index (χ1) is 19.6. The first-order valence-corrected chi connectivity index (χ1v) is 17.3. The molecule has 3 heteroatoms. The SMILES string of the molecule is CC1=CC(C)(C)c2cc3[cH-]c4cc5c(cc4c3cc21)C(C)=CC5(C)C.CC1[C-]=CC(C(C)(C)C)=C1.[Cl-].[Cl-].[Zr+2]=[C]1CCCCC1. The number of fused-ring (bicyclic) bond motifs is 5. The van der Waals surface area contributed by atoms with Crippen LogP contribution in [0, 0.1) is 17.4 Å². The molecule has 1 unspecified atom stereocenters. The maximum atomic E-state index is 3.26. The Hall–Kier alpha value is -1.40. The Morgan fingerprint density at radius 2 is 1.23 bits per heavy atom. The number of benzene rings is 2. The molecule has 0 amide bonds. The van der Waals surface area contributed by atoms with Crippen LogP contribution in [0.1, 0.15) is 124 Å². The number of rotatable bonds is 0. The van der Waals surface area contributed by atoms with Gasteiger partial charge in [0.15, 0.2) is 0 Å². The van der Waals surface area contributed by atoms with E-state index in [1.165, 1.54) is 92.6 Å². The second kappa shape index (κ2) is 13.8. The van der Waals surface area contributed by atoms with Gasteiger partial charge in [-0.25, -0.2) is 6.08 Å². The molecule has 0 nitrogen and oxygen atoms in total. The van der Waals surface area contributed by atoms with Gasteiger partial charge in [0.1, 0.15) is 0 Å². The van der Waals surface area contributed by atoms with Gasteiger partial charge in [-0.1, -0.05) is 102 Å². The monoisotopic (exact) mass is 702 g/mol. The van der Waals surface area contributed by atoms with Gasteiger partial charge in [0, 0.05) is 10.8 Å². The Morgan fingerprint density at radius 3 is 1.55 bits per heavy atom. The molecule has 0 aromatic heterocycles. The van der Waals surface area contributed by atoms with E-state index in [-0.39, 0.29) is 35.6 Å². The van der Waals surface area contributed by atoms with E-state index in [0.29, 0.717) is 11.3 Å². The van der Waals surface area contributed by atoms with Crippen molar-refractivity contribution in [3.8, 4) is 0 Å². The summed E-state index contributed by atoms with van der Waals surface area (Å²) in [6.07, 6.45) is 19.8. The molecule has 1 fully saturated rings. The fourth-order valence-electron chi connectivity index (χ4n) is 7.25. The second-order valence-corrected chi connectivity index (χ2v) is 17.1. The third-order valence-electron chi connectivity index (χ3n) is 9.63. The fourth-order valence-corrected chi connectivity index (χ4v) is 8.12. The van der Waals surface area contributed by atoms with Crippen molar-refractivity contribution in [1.82, 2.24) is 0 Å². The summed E-state index contributed by atoms with van der Waals surface area (Å²) in [4.78, 5) is 0. The van der Waals surface area contributed by atoms with Crippen LogP contribution in [0.3, 0.4) is 0 Å². The summed E-state index contributed by atoms with van der Waals surface area (Å²) in [5.41, 5.74) is 10.6. The van der Waals surface area contributed by atoms with Crippen LogP contribution in [-0.2, 0) is 35.1 Å². The van der Waals surface area contributed by atoms with E-state index in [2.05, 4.69) is 130 Å². The zero-order valence-electron chi connectivity index (χ0n) is 28.6. The van der Waals surface area contributed by atoms with Crippen LogP contribution < -0.4 is 24.8 Å². The summed E-state index contributed by atoms with van der Waals surface area (Å²) >= 11 is 1.69. The van der Waals surface area contributed by atoms with Gasteiger partial charge in [-0.15, -0.1) is 39.7 Å². The summed E-state index contributed by atoms with van der Waals surface area (Å²) < 4.78 is 1.80. The number of allylic oxidation sites excluding steroid dienone is 8. The Balaban J connectivity index is 0.000000231. The van der Waals surface area contributed by atoms with Gasteiger partial charge < -0.3 is 24.8 Å². The molecular weight excluding hydrogens is 655 g/mol. The molecule has 0 spiro atoms. The summed E-state index contributed by atoms with van der Waals surface area (Å²) in [5, 5.41) is 5.57. The van der Waals surface area contributed by atoms with Crippen molar-refractivity contribution in [1.29, 1.82) is 0 Å². The first kappa shape index (κ1) is 37.1. The summed E-state index contributed by atoms with van der Waals surface area (Å²) in [5.74, 6) is 0.522. The summed E-state index contributed by atoms with van der Waals surface area (Å²) in [7, 11) is 0. The van der Waals surface area contributed by atoms with E-state index in [4.69, 9.17) is 0 Å². The van der Waals surface area contributed by atoms with E-state index >= 15 is 0 Å².